The van der Waals surface area contributed by atoms with Gasteiger partial charge in [-0.05, 0) is 49.9 Å². The van der Waals surface area contributed by atoms with Gasteiger partial charge in [0.15, 0.2) is 0 Å². The number of halogens is 1. The Labute approximate surface area is 136 Å². The molecule has 0 radical (unpaired) electrons. The maximum atomic E-state index is 6.58. The molecule has 2 rings (SSSR count). The van der Waals surface area contributed by atoms with Crippen molar-refractivity contribution in [3.63, 3.8) is 0 Å². The molecule has 0 saturated heterocycles. The van der Waals surface area contributed by atoms with Crippen LogP contribution < -0.4 is 10.5 Å². The molecule has 0 spiro atoms. The largest absolute Gasteiger partial charge is 0.497 e. The van der Waals surface area contributed by atoms with Crippen molar-refractivity contribution >= 4 is 15.9 Å². The van der Waals surface area contributed by atoms with E-state index in [4.69, 9.17) is 15.2 Å². The van der Waals surface area contributed by atoms with E-state index in [1.807, 2.05) is 12.1 Å². The minimum absolute atomic E-state index is 0.0150. The summed E-state index contributed by atoms with van der Waals surface area (Å²) in [5.74, 6) is 0.870. The Morgan fingerprint density at radius 2 is 2.00 bits per heavy atom. The highest BCUT2D eigenvalue weighted by Crippen LogP contribution is 2.36. The second kappa shape index (κ2) is 7.61. The summed E-state index contributed by atoms with van der Waals surface area (Å²) in [6.45, 7) is 2.79. The molecular weight excluding hydrogens is 330 g/mol. The van der Waals surface area contributed by atoms with Gasteiger partial charge in [-0.3, -0.25) is 0 Å². The van der Waals surface area contributed by atoms with Gasteiger partial charge in [0.2, 0.25) is 0 Å². The van der Waals surface area contributed by atoms with E-state index in [1.165, 1.54) is 24.8 Å². The number of rotatable bonds is 6. The Hall–Kier alpha value is -0.580. The van der Waals surface area contributed by atoms with E-state index in [9.17, 15) is 0 Å². The van der Waals surface area contributed by atoms with Gasteiger partial charge >= 0.3 is 0 Å². The van der Waals surface area contributed by atoms with Gasteiger partial charge in [-0.15, -0.1) is 0 Å². The van der Waals surface area contributed by atoms with Gasteiger partial charge < -0.3 is 15.2 Å². The Morgan fingerprint density at radius 3 is 2.62 bits per heavy atom. The predicted octanol–water partition coefficient (Wildman–Crippen LogP) is 4.07. The molecule has 1 atom stereocenters. The van der Waals surface area contributed by atoms with Crippen LogP contribution in [0.5, 0.6) is 5.75 Å². The fourth-order valence-electron chi connectivity index (χ4n) is 3.32. The number of benzene rings is 1. The lowest BCUT2D eigenvalue weighted by Gasteiger charge is -2.42. The Balaban J connectivity index is 2.16. The van der Waals surface area contributed by atoms with Crippen molar-refractivity contribution in [1.82, 2.24) is 0 Å². The maximum absolute atomic E-state index is 6.58. The maximum Gasteiger partial charge on any atom is 0.119 e. The number of methoxy groups -OCH3 is 1. The van der Waals surface area contributed by atoms with Crippen LogP contribution in [-0.2, 0) is 11.2 Å². The first kappa shape index (κ1) is 16.8. The number of hydrogen-bond donors (Lipinski definition) is 1. The van der Waals surface area contributed by atoms with E-state index < -0.39 is 0 Å². The van der Waals surface area contributed by atoms with Crippen LogP contribution in [0.4, 0.5) is 0 Å². The molecule has 0 bridgehead atoms. The molecule has 1 fully saturated rings. The van der Waals surface area contributed by atoms with Gasteiger partial charge in [0, 0.05) is 17.1 Å². The summed E-state index contributed by atoms with van der Waals surface area (Å²) < 4.78 is 12.5. The van der Waals surface area contributed by atoms with E-state index in [0.717, 1.165) is 36.1 Å². The van der Waals surface area contributed by atoms with Gasteiger partial charge in [0.25, 0.3) is 0 Å². The smallest absolute Gasteiger partial charge is 0.119 e. The zero-order valence-electron chi connectivity index (χ0n) is 13.0. The monoisotopic (exact) mass is 355 g/mol. The van der Waals surface area contributed by atoms with Crippen molar-refractivity contribution in [2.24, 2.45) is 5.73 Å². The fourth-order valence-corrected chi connectivity index (χ4v) is 3.73. The molecule has 118 valence electrons. The molecule has 2 N–H and O–H groups in total. The van der Waals surface area contributed by atoms with Crippen molar-refractivity contribution in [3.05, 3.63) is 28.2 Å². The summed E-state index contributed by atoms with van der Waals surface area (Å²) in [5, 5.41) is 0. The normalized spacial score (nSPS) is 19.2. The quantitative estimate of drug-likeness (QED) is 0.836. The van der Waals surface area contributed by atoms with Gasteiger partial charge in [0.1, 0.15) is 5.75 Å². The lowest BCUT2D eigenvalue weighted by atomic mass is 9.77. The molecule has 0 aromatic heterocycles. The first-order chi connectivity index (χ1) is 10.1. The molecule has 1 aromatic carbocycles. The summed E-state index contributed by atoms with van der Waals surface area (Å²) >= 11 is 3.62. The van der Waals surface area contributed by atoms with Gasteiger partial charge in [-0.1, -0.05) is 35.2 Å². The van der Waals surface area contributed by atoms with E-state index in [1.54, 1.807) is 7.11 Å². The molecule has 0 amide bonds. The van der Waals surface area contributed by atoms with Crippen molar-refractivity contribution in [2.75, 3.05) is 13.7 Å². The summed E-state index contributed by atoms with van der Waals surface area (Å²) in [6.07, 6.45) is 6.68. The van der Waals surface area contributed by atoms with Crippen molar-refractivity contribution in [2.45, 2.75) is 57.1 Å². The zero-order chi connectivity index (χ0) is 15.3. The SMILES string of the molecule is CCOC1(C(N)Cc2cc(OC)ccc2Br)CCCCC1. The van der Waals surface area contributed by atoms with Crippen LogP contribution in [-0.4, -0.2) is 25.4 Å². The van der Waals surface area contributed by atoms with Crippen LogP contribution in [0, 0.1) is 0 Å². The minimum Gasteiger partial charge on any atom is -0.497 e. The van der Waals surface area contributed by atoms with E-state index in [2.05, 4.69) is 28.9 Å². The van der Waals surface area contributed by atoms with Crippen LogP contribution in [0.15, 0.2) is 22.7 Å². The summed E-state index contributed by atoms with van der Waals surface area (Å²) in [7, 11) is 1.69. The summed E-state index contributed by atoms with van der Waals surface area (Å²) in [5.41, 5.74) is 7.60. The number of nitrogens with two attached hydrogens (primary N) is 1. The molecule has 1 saturated carbocycles. The van der Waals surface area contributed by atoms with E-state index in [0.29, 0.717) is 0 Å². The van der Waals surface area contributed by atoms with Gasteiger partial charge in [-0.25, -0.2) is 0 Å². The summed E-state index contributed by atoms with van der Waals surface area (Å²) in [4.78, 5) is 0. The third-order valence-electron chi connectivity index (χ3n) is 4.50. The van der Waals surface area contributed by atoms with Gasteiger partial charge in [0.05, 0.1) is 12.7 Å². The van der Waals surface area contributed by atoms with Crippen LogP contribution in [0.1, 0.15) is 44.6 Å². The molecule has 1 aromatic rings. The average molecular weight is 356 g/mol. The third kappa shape index (κ3) is 3.99. The van der Waals surface area contributed by atoms with Crippen molar-refractivity contribution in [3.8, 4) is 5.75 Å². The molecule has 1 aliphatic rings. The molecule has 1 aliphatic carbocycles. The first-order valence-corrected chi connectivity index (χ1v) is 8.62. The predicted molar refractivity (Wildman–Crippen MR) is 89.8 cm³/mol. The highest BCUT2D eigenvalue weighted by Gasteiger charge is 2.38. The highest BCUT2D eigenvalue weighted by molar-refractivity contribution is 9.10. The Morgan fingerprint density at radius 1 is 1.29 bits per heavy atom. The lowest BCUT2D eigenvalue weighted by molar-refractivity contribution is -0.0818. The first-order valence-electron chi connectivity index (χ1n) is 7.83. The molecular formula is C17H26BrNO2. The second-order valence-corrected chi connectivity index (χ2v) is 6.68. The fraction of sp³-hybridized carbons (Fsp3) is 0.647. The number of ether oxygens (including phenoxy) is 2. The lowest BCUT2D eigenvalue weighted by Crippen LogP contribution is -2.52. The van der Waals surface area contributed by atoms with Gasteiger partial charge in [-0.2, -0.15) is 0 Å². The molecule has 21 heavy (non-hydrogen) atoms. The van der Waals surface area contributed by atoms with Crippen LogP contribution in [0.25, 0.3) is 0 Å². The highest BCUT2D eigenvalue weighted by atomic mass is 79.9. The number of hydrogen-bond acceptors (Lipinski definition) is 3. The molecule has 0 aliphatic heterocycles. The third-order valence-corrected chi connectivity index (χ3v) is 5.27. The van der Waals surface area contributed by atoms with Crippen LogP contribution in [0.3, 0.4) is 0 Å². The van der Waals surface area contributed by atoms with Crippen LogP contribution in [0.2, 0.25) is 0 Å². The topological polar surface area (TPSA) is 44.5 Å². The Kier molecular flexibility index (Phi) is 6.08. The van der Waals surface area contributed by atoms with Crippen LogP contribution >= 0.6 is 15.9 Å². The standard InChI is InChI=1S/C17H26BrNO2/c1-3-21-17(9-5-4-6-10-17)16(19)12-13-11-14(20-2)7-8-15(13)18/h7-8,11,16H,3-6,9-10,12,19H2,1-2H3. The van der Waals surface area contributed by atoms with Crippen molar-refractivity contribution in [1.29, 1.82) is 0 Å². The molecule has 3 nitrogen and oxygen atoms in total. The Bertz CT molecular complexity index is 453. The van der Waals surface area contributed by atoms with Crippen molar-refractivity contribution < 1.29 is 9.47 Å². The van der Waals surface area contributed by atoms with E-state index >= 15 is 0 Å². The summed E-state index contributed by atoms with van der Waals surface area (Å²) in [6, 6.07) is 6.06. The minimum atomic E-state index is -0.157. The second-order valence-electron chi connectivity index (χ2n) is 5.83. The zero-order valence-corrected chi connectivity index (χ0v) is 14.6. The molecule has 1 unspecified atom stereocenters. The molecule has 0 heterocycles. The average Bonchev–Trinajstić information content (AvgIpc) is 2.50. The molecule has 4 heteroatoms. The van der Waals surface area contributed by atoms with E-state index in [-0.39, 0.29) is 11.6 Å².